The third-order valence-corrected chi connectivity index (χ3v) is 2.28. The molecule has 0 radical (unpaired) electrons. The maximum Gasteiger partial charge on any atom is 0.318 e. The number of hydrogen-bond acceptors (Lipinski definition) is 4. The summed E-state index contributed by atoms with van der Waals surface area (Å²) in [4.78, 5) is 21.0. The monoisotopic (exact) mass is 191 g/mol. The number of nitrogens with one attached hydrogen (secondary N) is 1. The summed E-state index contributed by atoms with van der Waals surface area (Å²) in [6, 6.07) is -0.819. The van der Waals surface area contributed by atoms with Gasteiger partial charge in [-0.2, -0.15) is 0 Å². The van der Waals surface area contributed by atoms with Gasteiger partial charge < -0.3 is 11.5 Å². The molecular weight excluding hydrogens is 178 g/mol. The standard InChI is InChI=1S/C6H13N3O2S/c1-4(2-7)12-3-5(10)9-6(8)11/h4H,2-3,7H2,1H3,(H3,8,9,10,11). The first kappa shape index (κ1) is 11.2. The van der Waals surface area contributed by atoms with Crippen molar-refractivity contribution in [2.75, 3.05) is 12.3 Å². The number of imide groups is 1. The first-order chi connectivity index (χ1) is 5.56. The molecule has 70 valence electrons. The van der Waals surface area contributed by atoms with Crippen molar-refractivity contribution in [2.45, 2.75) is 12.2 Å². The van der Waals surface area contributed by atoms with Gasteiger partial charge in [-0.05, 0) is 0 Å². The summed E-state index contributed by atoms with van der Waals surface area (Å²) in [5, 5.41) is 2.17. The molecule has 0 aromatic carbocycles. The van der Waals surface area contributed by atoms with Gasteiger partial charge in [-0.1, -0.05) is 6.92 Å². The van der Waals surface area contributed by atoms with Crippen molar-refractivity contribution in [3.63, 3.8) is 0 Å². The molecule has 3 amide bonds. The van der Waals surface area contributed by atoms with Crippen molar-refractivity contribution >= 4 is 23.7 Å². The minimum absolute atomic E-state index is 0.210. The largest absolute Gasteiger partial charge is 0.351 e. The van der Waals surface area contributed by atoms with Crippen molar-refractivity contribution in [2.24, 2.45) is 11.5 Å². The molecule has 0 bridgehead atoms. The van der Waals surface area contributed by atoms with E-state index < -0.39 is 6.03 Å². The topological polar surface area (TPSA) is 98.2 Å². The molecule has 5 nitrogen and oxygen atoms in total. The van der Waals surface area contributed by atoms with Gasteiger partial charge >= 0.3 is 6.03 Å². The molecule has 5 N–H and O–H groups in total. The zero-order valence-corrected chi connectivity index (χ0v) is 7.69. The number of carbonyl (C=O) groups is 2. The highest BCUT2D eigenvalue weighted by Gasteiger charge is 2.06. The van der Waals surface area contributed by atoms with Crippen LogP contribution in [0, 0.1) is 0 Å². The number of carbonyl (C=O) groups excluding carboxylic acids is 2. The Bertz CT molecular complexity index is 174. The lowest BCUT2D eigenvalue weighted by Gasteiger charge is -2.06. The molecular formula is C6H13N3O2S. The predicted molar refractivity (Wildman–Crippen MR) is 48.7 cm³/mol. The predicted octanol–water partition coefficient (Wildman–Crippen LogP) is -0.738. The van der Waals surface area contributed by atoms with Crippen LogP contribution >= 0.6 is 11.8 Å². The van der Waals surface area contributed by atoms with Crippen LogP contribution in [0.5, 0.6) is 0 Å². The van der Waals surface area contributed by atoms with E-state index in [9.17, 15) is 9.59 Å². The number of rotatable bonds is 4. The van der Waals surface area contributed by atoms with Gasteiger partial charge in [-0.15, -0.1) is 11.8 Å². The van der Waals surface area contributed by atoms with Crippen LogP contribution in [0.25, 0.3) is 0 Å². The van der Waals surface area contributed by atoms with E-state index in [4.69, 9.17) is 11.5 Å². The Morgan fingerprint density at radius 2 is 2.17 bits per heavy atom. The number of nitrogens with two attached hydrogens (primary N) is 2. The summed E-state index contributed by atoms with van der Waals surface area (Å²) < 4.78 is 0. The molecule has 0 fully saturated rings. The molecule has 0 spiro atoms. The number of primary amides is 1. The van der Waals surface area contributed by atoms with Crippen LogP contribution in [0.3, 0.4) is 0 Å². The van der Waals surface area contributed by atoms with Crippen molar-refractivity contribution in [1.29, 1.82) is 0 Å². The molecule has 0 aliphatic carbocycles. The first-order valence-electron chi connectivity index (χ1n) is 3.47. The maximum atomic E-state index is 10.8. The third-order valence-electron chi connectivity index (χ3n) is 1.09. The Balaban J connectivity index is 3.50. The lowest BCUT2D eigenvalue weighted by molar-refractivity contribution is -0.117. The van der Waals surface area contributed by atoms with Crippen LogP contribution in [0.15, 0.2) is 0 Å². The van der Waals surface area contributed by atoms with E-state index in [1.165, 1.54) is 11.8 Å². The Hall–Kier alpha value is -0.750. The number of hydrogen-bond donors (Lipinski definition) is 3. The second-order valence-corrected chi connectivity index (χ2v) is 3.70. The average molecular weight is 191 g/mol. The summed E-state index contributed by atoms with van der Waals surface area (Å²) in [6.07, 6.45) is 0. The van der Waals surface area contributed by atoms with Gasteiger partial charge in [0.1, 0.15) is 0 Å². The summed E-state index contributed by atoms with van der Waals surface area (Å²) in [5.41, 5.74) is 10.0. The van der Waals surface area contributed by atoms with E-state index >= 15 is 0 Å². The lowest BCUT2D eigenvalue weighted by atomic mass is 10.5. The normalized spacial score (nSPS) is 12.2. The van der Waals surface area contributed by atoms with Crippen LogP contribution < -0.4 is 16.8 Å². The summed E-state index contributed by atoms with van der Waals surface area (Å²) >= 11 is 1.38. The highest BCUT2D eigenvalue weighted by Crippen LogP contribution is 2.07. The molecule has 0 aromatic heterocycles. The Kier molecular flexibility index (Phi) is 5.48. The molecule has 0 heterocycles. The van der Waals surface area contributed by atoms with Crippen LogP contribution in [0.2, 0.25) is 0 Å². The second kappa shape index (κ2) is 5.84. The average Bonchev–Trinajstić information content (AvgIpc) is 1.99. The maximum absolute atomic E-state index is 10.8. The van der Waals surface area contributed by atoms with Gasteiger partial charge in [0.15, 0.2) is 0 Å². The zero-order chi connectivity index (χ0) is 9.56. The van der Waals surface area contributed by atoms with Crippen molar-refractivity contribution < 1.29 is 9.59 Å². The SMILES string of the molecule is CC(CN)SCC(=O)NC(N)=O. The number of thioether (sulfide) groups is 1. The number of amides is 3. The quantitative estimate of drug-likeness (QED) is 0.545. The molecule has 0 rings (SSSR count). The van der Waals surface area contributed by atoms with Gasteiger partial charge in [0.2, 0.25) is 5.91 Å². The lowest BCUT2D eigenvalue weighted by Crippen LogP contribution is -2.36. The molecule has 1 atom stereocenters. The molecule has 0 aliphatic heterocycles. The first-order valence-corrected chi connectivity index (χ1v) is 4.52. The molecule has 6 heteroatoms. The third kappa shape index (κ3) is 5.99. The molecule has 0 saturated heterocycles. The highest BCUT2D eigenvalue weighted by molar-refractivity contribution is 8.00. The molecule has 0 aliphatic rings. The Labute approximate surface area is 75.2 Å². The Morgan fingerprint density at radius 3 is 2.58 bits per heavy atom. The van der Waals surface area contributed by atoms with Crippen LogP contribution in [0.4, 0.5) is 4.79 Å². The highest BCUT2D eigenvalue weighted by atomic mass is 32.2. The van der Waals surface area contributed by atoms with Crippen LogP contribution in [0.1, 0.15) is 6.92 Å². The van der Waals surface area contributed by atoms with E-state index in [2.05, 4.69) is 0 Å². The van der Waals surface area contributed by atoms with Gasteiger partial charge in [0, 0.05) is 11.8 Å². The van der Waals surface area contributed by atoms with Gasteiger partial charge in [-0.3, -0.25) is 10.1 Å². The fourth-order valence-electron chi connectivity index (χ4n) is 0.459. The second-order valence-electron chi connectivity index (χ2n) is 2.27. The number of urea groups is 1. The van der Waals surface area contributed by atoms with Gasteiger partial charge in [0.25, 0.3) is 0 Å². The van der Waals surface area contributed by atoms with Crippen molar-refractivity contribution in [3.8, 4) is 0 Å². The minimum atomic E-state index is -0.819. The van der Waals surface area contributed by atoms with Gasteiger partial charge in [-0.25, -0.2) is 4.79 Å². The molecule has 0 aromatic rings. The fraction of sp³-hybridized carbons (Fsp3) is 0.667. The summed E-state index contributed by atoms with van der Waals surface area (Å²) in [5.74, 6) is -0.172. The Morgan fingerprint density at radius 1 is 1.58 bits per heavy atom. The van der Waals surface area contributed by atoms with Gasteiger partial charge in [0.05, 0.1) is 5.75 Å². The fourth-order valence-corrected chi connectivity index (χ4v) is 1.10. The van der Waals surface area contributed by atoms with E-state index in [-0.39, 0.29) is 16.9 Å². The summed E-state index contributed by atoms with van der Waals surface area (Å²) in [6.45, 7) is 2.41. The summed E-state index contributed by atoms with van der Waals surface area (Å²) in [7, 11) is 0. The smallest absolute Gasteiger partial charge is 0.318 e. The van der Waals surface area contributed by atoms with Crippen molar-refractivity contribution in [1.82, 2.24) is 5.32 Å². The zero-order valence-electron chi connectivity index (χ0n) is 6.87. The van der Waals surface area contributed by atoms with Crippen LogP contribution in [-0.2, 0) is 4.79 Å². The van der Waals surface area contributed by atoms with E-state index in [0.717, 1.165) is 0 Å². The molecule has 1 unspecified atom stereocenters. The van der Waals surface area contributed by atoms with E-state index in [1.54, 1.807) is 0 Å². The molecule has 0 saturated carbocycles. The van der Waals surface area contributed by atoms with E-state index in [0.29, 0.717) is 6.54 Å². The minimum Gasteiger partial charge on any atom is -0.351 e. The van der Waals surface area contributed by atoms with E-state index in [1.807, 2.05) is 12.2 Å². The van der Waals surface area contributed by atoms with Crippen molar-refractivity contribution in [3.05, 3.63) is 0 Å². The van der Waals surface area contributed by atoms with Crippen LogP contribution in [-0.4, -0.2) is 29.5 Å². The molecule has 12 heavy (non-hydrogen) atoms.